The minimum atomic E-state index is 0.391. The molecule has 0 spiro atoms. The van der Waals surface area contributed by atoms with Crippen molar-refractivity contribution >= 4 is 11.7 Å². The SMILES string of the molecule is Cc1ccc(Nc2nnc(-c3ccccc3)o2)cc1. The molecule has 94 valence electrons. The zero-order valence-electron chi connectivity index (χ0n) is 10.5. The average molecular weight is 251 g/mol. The maximum atomic E-state index is 5.57. The summed E-state index contributed by atoms with van der Waals surface area (Å²) in [6.45, 7) is 2.05. The molecule has 0 amide bonds. The van der Waals surface area contributed by atoms with E-state index in [1.807, 2.05) is 61.5 Å². The largest absolute Gasteiger partial charge is 0.403 e. The fourth-order valence-corrected chi connectivity index (χ4v) is 1.73. The summed E-state index contributed by atoms with van der Waals surface area (Å²) in [5.74, 6) is 0.509. The van der Waals surface area contributed by atoms with E-state index in [-0.39, 0.29) is 0 Å². The van der Waals surface area contributed by atoms with Gasteiger partial charge in [0.1, 0.15) is 0 Å². The zero-order valence-corrected chi connectivity index (χ0v) is 10.5. The molecule has 2 aromatic carbocycles. The first kappa shape index (κ1) is 11.5. The standard InChI is InChI=1S/C15H13N3O/c1-11-7-9-13(10-8-11)16-15-18-17-14(19-15)12-5-3-2-4-6-12/h2-10H,1H3,(H,16,18). The van der Waals surface area contributed by atoms with Gasteiger partial charge in [-0.2, -0.15) is 0 Å². The second kappa shape index (κ2) is 4.94. The van der Waals surface area contributed by atoms with Gasteiger partial charge in [-0.25, -0.2) is 0 Å². The van der Waals surface area contributed by atoms with Crippen LogP contribution in [0.15, 0.2) is 59.0 Å². The zero-order chi connectivity index (χ0) is 13.1. The van der Waals surface area contributed by atoms with Crippen LogP contribution in [0.4, 0.5) is 11.7 Å². The summed E-state index contributed by atoms with van der Waals surface area (Å²) in [6.07, 6.45) is 0. The van der Waals surface area contributed by atoms with E-state index in [1.165, 1.54) is 5.56 Å². The molecule has 4 heteroatoms. The van der Waals surface area contributed by atoms with Gasteiger partial charge in [-0.1, -0.05) is 41.0 Å². The Morgan fingerprint density at radius 3 is 2.37 bits per heavy atom. The Labute approximate surface area is 111 Å². The average Bonchev–Trinajstić information content (AvgIpc) is 2.91. The van der Waals surface area contributed by atoms with E-state index in [9.17, 15) is 0 Å². The molecule has 1 heterocycles. The van der Waals surface area contributed by atoms with Crippen molar-refractivity contribution in [3.8, 4) is 11.5 Å². The summed E-state index contributed by atoms with van der Waals surface area (Å²) < 4.78 is 5.57. The lowest BCUT2D eigenvalue weighted by Crippen LogP contribution is -1.89. The molecule has 4 nitrogen and oxygen atoms in total. The van der Waals surface area contributed by atoms with Gasteiger partial charge in [0.2, 0.25) is 5.89 Å². The van der Waals surface area contributed by atoms with Crippen LogP contribution in [0, 0.1) is 6.92 Å². The van der Waals surface area contributed by atoms with Gasteiger partial charge in [0.15, 0.2) is 0 Å². The van der Waals surface area contributed by atoms with Gasteiger partial charge in [0.05, 0.1) is 0 Å². The number of aromatic nitrogens is 2. The summed E-state index contributed by atoms with van der Waals surface area (Å²) in [5.41, 5.74) is 3.04. The van der Waals surface area contributed by atoms with Gasteiger partial charge in [0.25, 0.3) is 0 Å². The molecule has 1 N–H and O–H groups in total. The molecule has 1 aromatic heterocycles. The van der Waals surface area contributed by atoms with Crippen LogP contribution in [0.2, 0.25) is 0 Å². The Morgan fingerprint density at radius 2 is 1.63 bits per heavy atom. The highest BCUT2D eigenvalue weighted by Gasteiger charge is 2.07. The van der Waals surface area contributed by atoms with Crippen molar-refractivity contribution < 1.29 is 4.42 Å². The number of benzene rings is 2. The molecule has 0 saturated heterocycles. The third kappa shape index (κ3) is 2.63. The number of hydrogen-bond donors (Lipinski definition) is 1. The first-order valence-electron chi connectivity index (χ1n) is 6.04. The highest BCUT2D eigenvalue weighted by atomic mass is 16.4. The van der Waals surface area contributed by atoms with Crippen LogP contribution in [0.3, 0.4) is 0 Å². The van der Waals surface area contributed by atoms with Crippen LogP contribution in [0.1, 0.15) is 5.56 Å². The third-order valence-corrected chi connectivity index (χ3v) is 2.75. The van der Waals surface area contributed by atoms with Crippen molar-refractivity contribution in [2.24, 2.45) is 0 Å². The van der Waals surface area contributed by atoms with E-state index in [0.29, 0.717) is 11.9 Å². The molecule has 3 aromatic rings. The minimum absolute atomic E-state index is 0.391. The highest BCUT2D eigenvalue weighted by Crippen LogP contribution is 2.21. The summed E-state index contributed by atoms with van der Waals surface area (Å²) >= 11 is 0. The van der Waals surface area contributed by atoms with Crippen molar-refractivity contribution in [1.82, 2.24) is 10.2 Å². The lowest BCUT2D eigenvalue weighted by Gasteiger charge is -2.00. The van der Waals surface area contributed by atoms with Crippen LogP contribution in [-0.2, 0) is 0 Å². The van der Waals surface area contributed by atoms with E-state index in [1.54, 1.807) is 0 Å². The molecule has 0 radical (unpaired) electrons. The molecule has 0 unspecified atom stereocenters. The first-order valence-corrected chi connectivity index (χ1v) is 6.04. The summed E-state index contributed by atoms with van der Waals surface area (Å²) in [5, 5.41) is 11.1. The molecular weight excluding hydrogens is 238 g/mol. The van der Waals surface area contributed by atoms with Gasteiger partial charge in [0, 0.05) is 11.3 Å². The number of rotatable bonds is 3. The van der Waals surface area contributed by atoms with Crippen LogP contribution in [0.25, 0.3) is 11.5 Å². The quantitative estimate of drug-likeness (QED) is 0.769. The summed E-state index contributed by atoms with van der Waals surface area (Å²) in [6, 6.07) is 18.1. The number of aryl methyl sites for hydroxylation is 1. The molecule has 0 aliphatic heterocycles. The van der Waals surface area contributed by atoms with E-state index in [4.69, 9.17) is 4.42 Å². The Kier molecular flexibility index (Phi) is 2.98. The molecule has 19 heavy (non-hydrogen) atoms. The van der Waals surface area contributed by atoms with Crippen molar-refractivity contribution in [2.45, 2.75) is 6.92 Å². The normalized spacial score (nSPS) is 10.4. The fourth-order valence-electron chi connectivity index (χ4n) is 1.73. The fraction of sp³-hybridized carbons (Fsp3) is 0.0667. The van der Waals surface area contributed by atoms with E-state index in [0.717, 1.165) is 11.3 Å². The van der Waals surface area contributed by atoms with Gasteiger partial charge in [-0.05, 0) is 31.2 Å². The molecule has 0 aliphatic carbocycles. The van der Waals surface area contributed by atoms with Crippen molar-refractivity contribution in [3.05, 3.63) is 60.2 Å². The Bertz CT molecular complexity index is 659. The first-order chi connectivity index (χ1) is 9.31. The van der Waals surface area contributed by atoms with Crippen LogP contribution in [0.5, 0.6) is 0 Å². The van der Waals surface area contributed by atoms with Gasteiger partial charge >= 0.3 is 6.01 Å². The monoisotopic (exact) mass is 251 g/mol. The number of anilines is 2. The lowest BCUT2D eigenvalue weighted by atomic mass is 10.2. The topological polar surface area (TPSA) is 51.0 Å². The number of nitrogens with one attached hydrogen (secondary N) is 1. The van der Waals surface area contributed by atoms with Crippen LogP contribution >= 0.6 is 0 Å². The van der Waals surface area contributed by atoms with Gasteiger partial charge < -0.3 is 9.73 Å². The number of nitrogens with zero attached hydrogens (tertiary/aromatic N) is 2. The third-order valence-electron chi connectivity index (χ3n) is 2.75. The van der Waals surface area contributed by atoms with Crippen molar-refractivity contribution in [1.29, 1.82) is 0 Å². The predicted molar refractivity (Wildman–Crippen MR) is 74.2 cm³/mol. The molecular formula is C15H13N3O. The predicted octanol–water partition coefficient (Wildman–Crippen LogP) is 3.79. The number of hydrogen-bond acceptors (Lipinski definition) is 4. The molecule has 0 fully saturated rings. The molecule has 0 bridgehead atoms. The Balaban J connectivity index is 1.80. The summed E-state index contributed by atoms with van der Waals surface area (Å²) in [7, 11) is 0. The minimum Gasteiger partial charge on any atom is -0.403 e. The van der Waals surface area contributed by atoms with Crippen LogP contribution < -0.4 is 5.32 Å². The second-order valence-corrected chi connectivity index (χ2v) is 4.27. The van der Waals surface area contributed by atoms with E-state index in [2.05, 4.69) is 15.5 Å². The van der Waals surface area contributed by atoms with Crippen LogP contribution in [-0.4, -0.2) is 10.2 Å². The van der Waals surface area contributed by atoms with E-state index < -0.39 is 0 Å². The lowest BCUT2D eigenvalue weighted by molar-refractivity contribution is 0.587. The van der Waals surface area contributed by atoms with Crippen molar-refractivity contribution in [2.75, 3.05) is 5.32 Å². The summed E-state index contributed by atoms with van der Waals surface area (Å²) in [4.78, 5) is 0. The highest BCUT2D eigenvalue weighted by molar-refractivity contribution is 5.56. The van der Waals surface area contributed by atoms with E-state index >= 15 is 0 Å². The maximum absolute atomic E-state index is 5.57. The molecule has 3 rings (SSSR count). The maximum Gasteiger partial charge on any atom is 0.320 e. The second-order valence-electron chi connectivity index (χ2n) is 4.27. The Hall–Kier alpha value is -2.62. The molecule has 0 atom stereocenters. The van der Waals surface area contributed by atoms with Crippen molar-refractivity contribution in [3.63, 3.8) is 0 Å². The van der Waals surface area contributed by atoms with Gasteiger partial charge in [-0.15, -0.1) is 5.10 Å². The smallest absolute Gasteiger partial charge is 0.320 e. The Morgan fingerprint density at radius 1 is 0.895 bits per heavy atom. The van der Waals surface area contributed by atoms with Gasteiger partial charge in [-0.3, -0.25) is 0 Å². The molecule has 0 aliphatic rings. The molecule has 0 saturated carbocycles.